The zero-order valence-electron chi connectivity index (χ0n) is 11.8. The maximum absolute atomic E-state index is 14.3. The van der Waals surface area contributed by atoms with Gasteiger partial charge in [-0.3, -0.25) is 0 Å². The third-order valence-electron chi connectivity index (χ3n) is 3.58. The van der Waals surface area contributed by atoms with Gasteiger partial charge in [0.25, 0.3) is 0 Å². The monoisotopic (exact) mass is 325 g/mol. The van der Waals surface area contributed by atoms with Crippen LogP contribution in [0.2, 0.25) is 0 Å². The van der Waals surface area contributed by atoms with E-state index in [0.717, 1.165) is 17.8 Å². The molecule has 116 valence electrons. The minimum Gasteiger partial charge on any atom is -0.464 e. The minimum atomic E-state index is -0.687. The van der Waals surface area contributed by atoms with Gasteiger partial charge < -0.3 is 9.47 Å². The number of carbonyl (C=O) groups excluding carboxylic acids is 1. The molecule has 3 rings (SSSR count). The SMILES string of the molecule is COC(=O)c1csc(-c2c(F)cc(C3CCOC3)cc2F)n1. The van der Waals surface area contributed by atoms with Crippen molar-refractivity contribution in [3.8, 4) is 10.6 Å². The van der Waals surface area contributed by atoms with Gasteiger partial charge in [0.1, 0.15) is 16.6 Å². The number of carbonyl (C=O) groups is 1. The quantitative estimate of drug-likeness (QED) is 0.812. The number of esters is 1. The van der Waals surface area contributed by atoms with E-state index in [4.69, 9.17) is 4.74 Å². The van der Waals surface area contributed by atoms with Gasteiger partial charge in [-0.05, 0) is 24.1 Å². The van der Waals surface area contributed by atoms with Gasteiger partial charge in [-0.25, -0.2) is 18.6 Å². The van der Waals surface area contributed by atoms with Gasteiger partial charge in [-0.15, -0.1) is 11.3 Å². The van der Waals surface area contributed by atoms with E-state index in [1.807, 2.05) is 0 Å². The lowest BCUT2D eigenvalue weighted by Crippen LogP contribution is -2.03. The number of thiazole rings is 1. The molecule has 1 aliphatic rings. The molecule has 2 heterocycles. The van der Waals surface area contributed by atoms with Gasteiger partial charge in [0.2, 0.25) is 0 Å². The fraction of sp³-hybridized carbons (Fsp3) is 0.333. The number of rotatable bonds is 3. The Balaban J connectivity index is 1.97. The molecule has 0 aliphatic carbocycles. The number of aromatic nitrogens is 1. The number of halogens is 2. The highest BCUT2D eigenvalue weighted by molar-refractivity contribution is 7.13. The Morgan fingerprint density at radius 3 is 2.73 bits per heavy atom. The smallest absolute Gasteiger partial charge is 0.357 e. The van der Waals surface area contributed by atoms with Gasteiger partial charge in [0.15, 0.2) is 5.69 Å². The summed E-state index contributed by atoms with van der Waals surface area (Å²) in [5, 5.41) is 1.53. The van der Waals surface area contributed by atoms with E-state index in [9.17, 15) is 13.6 Å². The molecule has 1 aromatic heterocycles. The summed E-state index contributed by atoms with van der Waals surface area (Å²) in [5.74, 6) is -2.00. The molecule has 0 spiro atoms. The van der Waals surface area contributed by atoms with Crippen molar-refractivity contribution >= 4 is 17.3 Å². The topological polar surface area (TPSA) is 48.4 Å². The summed E-state index contributed by atoms with van der Waals surface area (Å²) in [6, 6.07) is 2.63. The summed E-state index contributed by atoms with van der Waals surface area (Å²) in [6.45, 7) is 1.08. The second-order valence-corrected chi connectivity index (χ2v) is 5.81. The summed E-state index contributed by atoms with van der Waals surface area (Å²) < 4.78 is 38.4. The van der Waals surface area contributed by atoms with E-state index in [1.165, 1.54) is 24.6 Å². The molecule has 22 heavy (non-hydrogen) atoms. The zero-order valence-corrected chi connectivity index (χ0v) is 12.6. The van der Waals surface area contributed by atoms with E-state index in [2.05, 4.69) is 9.72 Å². The second kappa shape index (κ2) is 6.10. The van der Waals surface area contributed by atoms with Crippen LogP contribution in [0.25, 0.3) is 10.6 Å². The second-order valence-electron chi connectivity index (χ2n) is 4.95. The van der Waals surface area contributed by atoms with Crippen molar-refractivity contribution in [1.82, 2.24) is 4.98 Å². The summed E-state index contributed by atoms with van der Waals surface area (Å²) in [4.78, 5) is 15.3. The van der Waals surface area contributed by atoms with Crippen LogP contribution in [0.3, 0.4) is 0 Å². The van der Waals surface area contributed by atoms with Gasteiger partial charge in [0, 0.05) is 17.9 Å². The van der Waals surface area contributed by atoms with Gasteiger partial charge in [-0.2, -0.15) is 0 Å². The normalized spacial score (nSPS) is 17.7. The van der Waals surface area contributed by atoms with Crippen LogP contribution in [0, 0.1) is 11.6 Å². The highest BCUT2D eigenvalue weighted by atomic mass is 32.1. The van der Waals surface area contributed by atoms with Gasteiger partial charge >= 0.3 is 5.97 Å². The van der Waals surface area contributed by atoms with Crippen molar-refractivity contribution in [3.05, 3.63) is 40.4 Å². The maximum Gasteiger partial charge on any atom is 0.357 e. The number of hydrogen-bond acceptors (Lipinski definition) is 5. The summed E-state index contributed by atoms with van der Waals surface area (Å²) >= 11 is 0.996. The van der Waals surface area contributed by atoms with Crippen LogP contribution >= 0.6 is 11.3 Å². The Labute approximate surface area is 129 Å². The van der Waals surface area contributed by atoms with Crippen LogP contribution in [0.5, 0.6) is 0 Å². The highest BCUT2D eigenvalue weighted by Gasteiger charge is 2.23. The molecule has 0 amide bonds. The van der Waals surface area contributed by atoms with E-state index in [0.29, 0.717) is 18.8 Å². The Morgan fingerprint density at radius 1 is 1.41 bits per heavy atom. The van der Waals surface area contributed by atoms with Crippen LogP contribution in [0.15, 0.2) is 17.5 Å². The first-order chi connectivity index (χ1) is 10.6. The molecule has 0 bridgehead atoms. The molecular formula is C15H13F2NO3S. The Bertz CT molecular complexity index is 688. The van der Waals surface area contributed by atoms with Gasteiger partial charge in [-0.1, -0.05) is 0 Å². The molecule has 1 fully saturated rings. The molecule has 1 aliphatic heterocycles. The number of nitrogens with zero attached hydrogens (tertiary/aromatic N) is 1. The zero-order chi connectivity index (χ0) is 15.7. The lowest BCUT2D eigenvalue weighted by molar-refractivity contribution is 0.0595. The average Bonchev–Trinajstić information content (AvgIpc) is 3.17. The number of benzene rings is 1. The van der Waals surface area contributed by atoms with Crippen LogP contribution in [-0.2, 0) is 9.47 Å². The van der Waals surface area contributed by atoms with Crippen molar-refractivity contribution in [3.63, 3.8) is 0 Å². The third-order valence-corrected chi connectivity index (χ3v) is 4.44. The first-order valence-electron chi connectivity index (χ1n) is 6.71. The Morgan fingerprint density at radius 2 is 2.14 bits per heavy atom. The molecule has 1 unspecified atom stereocenters. The number of ether oxygens (including phenoxy) is 2. The van der Waals surface area contributed by atoms with E-state index >= 15 is 0 Å². The van der Waals surface area contributed by atoms with Crippen molar-refractivity contribution in [2.24, 2.45) is 0 Å². The first-order valence-corrected chi connectivity index (χ1v) is 7.59. The molecule has 0 N–H and O–H groups in total. The maximum atomic E-state index is 14.3. The molecule has 2 aromatic rings. The summed E-state index contributed by atoms with van der Waals surface area (Å²) in [7, 11) is 1.22. The van der Waals surface area contributed by atoms with Crippen LogP contribution in [0.1, 0.15) is 28.4 Å². The standard InChI is InChI=1S/C15H13F2NO3S/c1-20-15(19)12-7-22-14(18-12)13-10(16)4-9(5-11(13)17)8-2-3-21-6-8/h4-5,7-8H,2-3,6H2,1H3. The van der Waals surface area contributed by atoms with Crippen molar-refractivity contribution in [1.29, 1.82) is 0 Å². The first kappa shape index (κ1) is 15.1. The van der Waals surface area contributed by atoms with Crippen molar-refractivity contribution in [2.75, 3.05) is 20.3 Å². The summed E-state index contributed by atoms with van der Waals surface area (Å²) in [5.41, 5.74) is 0.401. The van der Waals surface area contributed by atoms with Crippen LogP contribution in [0.4, 0.5) is 8.78 Å². The average molecular weight is 325 g/mol. The van der Waals surface area contributed by atoms with Crippen LogP contribution in [-0.4, -0.2) is 31.3 Å². The molecular weight excluding hydrogens is 312 g/mol. The van der Waals surface area contributed by atoms with Crippen molar-refractivity contribution in [2.45, 2.75) is 12.3 Å². The Hall–Kier alpha value is -1.86. The van der Waals surface area contributed by atoms with Gasteiger partial charge in [0.05, 0.1) is 19.3 Å². The van der Waals surface area contributed by atoms with E-state index in [1.54, 1.807) is 0 Å². The largest absolute Gasteiger partial charge is 0.464 e. The molecule has 1 aromatic carbocycles. The molecule has 0 saturated carbocycles. The highest BCUT2D eigenvalue weighted by Crippen LogP contribution is 2.33. The van der Waals surface area contributed by atoms with E-state index < -0.39 is 17.6 Å². The fourth-order valence-corrected chi connectivity index (χ4v) is 3.25. The van der Waals surface area contributed by atoms with Crippen LogP contribution < -0.4 is 0 Å². The predicted octanol–water partition coefficient (Wildman–Crippen LogP) is 3.38. The predicted molar refractivity (Wildman–Crippen MR) is 77.0 cm³/mol. The molecule has 1 saturated heterocycles. The lowest BCUT2D eigenvalue weighted by Gasteiger charge is -2.10. The molecule has 4 nitrogen and oxygen atoms in total. The fourth-order valence-electron chi connectivity index (χ4n) is 2.42. The lowest BCUT2D eigenvalue weighted by atomic mass is 9.97. The van der Waals surface area contributed by atoms with Crippen molar-refractivity contribution < 1.29 is 23.0 Å². The number of hydrogen-bond donors (Lipinski definition) is 0. The molecule has 0 radical (unpaired) electrons. The molecule has 7 heteroatoms. The molecule has 1 atom stereocenters. The van der Waals surface area contributed by atoms with E-state index in [-0.39, 0.29) is 22.2 Å². The number of methoxy groups -OCH3 is 1. The summed E-state index contributed by atoms with van der Waals surface area (Å²) in [6.07, 6.45) is 0.752. The minimum absolute atomic E-state index is 0.0139. The Kier molecular flexibility index (Phi) is 4.17. The third kappa shape index (κ3) is 2.74.